The van der Waals surface area contributed by atoms with Gasteiger partial charge in [-0.1, -0.05) is 47.5 Å². The minimum absolute atomic E-state index is 0.147. The maximum absolute atomic E-state index is 12.6. The molecule has 1 aromatic heterocycles. The highest BCUT2D eigenvalue weighted by atomic mass is 35.5. The van der Waals surface area contributed by atoms with Gasteiger partial charge in [-0.25, -0.2) is 4.79 Å². The van der Waals surface area contributed by atoms with Crippen molar-refractivity contribution in [3.8, 4) is 11.3 Å². The zero-order chi connectivity index (χ0) is 22.5. The van der Waals surface area contributed by atoms with Gasteiger partial charge in [0.2, 0.25) is 5.91 Å². The van der Waals surface area contributed by atoms with Crippen molar-refractivity contribution in [1.29, 1.82) is 0 Å². The van der Waals surface area contributed by atoms with E-state index in [0.29, 0.717) is 29.4 Å². The van der Waals surface area contributed by atoms with Gasteiger partial charge in [-0.15, -0.1) is 0 Å². The molecule has 1 N–H and O–H groups in total. The van der Waals surface area contributed by atoms with E-state index in [4.69, 9.17) is 16.3 Å². The van der Waals surface area contributed by atoms with E-state index in [2.05, 4.69) is 5.32 Å². The van der Waals surface area contributed by atoms with Crippen molar-refractivity contribution < 1.29 is 14.3 Å². The van der Waals surface area contributed by atoms with Gasteiger partial charge in [0.1, 0.15) is 0 Å². The van der Waals surface area contributed by atoms with Crippen LogP contribution in [0.4, 0.5) is 5.69 Å². The van der Waals surface area contributed by atoms with Gasteiger partial charge in [0.05, 0.1) is 22.9 Å². The summed E-state index contributed by atoms with van der Waals surface area (Å²) in [4.78, 5) is 25.0. The first kappa shape index (κ1) is 22.6. The van der Waals surface area contributed by atoms with Crippen LogP contribution >= 0.6 is 11.6 Å². The Morgan fingerprint density at radius 3 is 2.32 bits per heavy atom. The summed E-state index contributed by atoms with van der Waals surface area (Å²) < 4.78 is 7.21. The van der Waals surface area contributed by atoms with Crippen LogP contribution < -0.4 is 5.32 Å². The second-order valence-corrected chi connectivity index (χ2v) is 7.96. The predicted octanol–water partition coefficient (Wildman–Crippen LogP) is 5.94. The Labute approximate surface area is 188 Å². The summed E-state index contributed by atoms with van der Waals surface area (Å²) in [7, 11) is 0. The molecule has 0 aliphatic rings. The van der Waals surface area contributed by atoms with Gasteiger partial charge in [0, 0.05) is 24.4 Å². The van der Waals surface area contributed by atoms with E-state index in [1.165, 1.54) is 0 Å². The lowest BCUT2D eigenvalue weighted by Crippen LogP contribution is -2.16. The van der Waals surface area contributed by atoms with Gasteiger partial charge in [0.25, 0.3) is 0 Å². The summed E-state index contributed by atoms with van der Waals surface area (Å²) in [5.74, 6) is -0.505. The Bertz CT molecular complexity index is 1100. The van der Waals surface area contributed by atoms with Crippen molar-refractivity contribution in [3.05, 3.63) is 75.9 Å². The van der Waals surface area contributed by atoms with Gasteiger partial charge in [-0.2, -0.15) is 0 Å². The standard InChI is InChI=1S/C25H27ClN2O3/c1-5-31-25(30)20-15-23(19-9-6-16(2)7-10-19)28(18(20)4)13-12-24(29)27-22-11-8-17(3)14-21(22)26/h6-11,14-15H,5,12-13H2,1-4H3,(H,27,29). The molecular formula is C25H27ClN2O3. The zero-order valence-electron chi connectivity index (χ0n) is 18.3. The number of aryl methyl sites for hydroxylation is 2. The third kappa shape index (κ3) is 5.36. The quantitative estimate of drug-likeness (QED) is 0.464. The average Bonchev–Trinajstić information content (AvgIpc) is 3.06. The highest BCUT2D eigenvalue weighted by molar-refractivity contribution is 6.33. The molecule has 0 spiro atoms. The number of amides is 1. The number of anilines is 1. The number of aromatic nitrogens is 1. The molecular weight excluding hydrogens is 412 g/mol. The number of rotatable bonds is 7. The largest absolute Gasteiger partial charge is 0.462 e. The molecule has 1 heterocycles. The van der Waals surface area contributed by atoms with Crippen molar-refractivity contribution in [2.75, 3.05) is 11.9 Å². The van der Waals surface area contributed by atoms with Crippen LogP contribution in [0.15, 0.2) is 48.5 Å². The third-order valence-electron chi connectivity index (χ3n) is 5.17. The van der Waals surface area contributed by atoms with E-state index in [1.54, 1.807) is 13.0 Å². The Hall–Kier alpha value is -3.05. The smallest absolute Gasteiger partial charge is 0.339 e. The number of carbonyl (C=O) groups excluding carboxylic acids is 2. The molecule has 3 rings (SSSR count). The number of hydrogen-bond acceptors (Lipinski definition) is 3. The molecule has 0 atom stereocenters. The second-order valence-electron chi connectivity index (χ2n) is 7.55. The lowest BCUT2D eigenvalue weighted by Gasteiger charge is -2.13. The number of nitrogens with one attached hydrogen (secondary N) is 1. The highest BCUT2D eigenvalue weighted by Gasteiger charge is 2.20. The molecule has 5 nitrogen and oxygen atoms in total. The van der Waals surface area contributed by atoms with E-state index in [9.17, 15) is 9.59 Å². The molecule has 0 unspecified atom stereocenters. The van der Waals surface area contributed by atoms with E-state index < -0.39 is 0 Å². The molecule has 0 bridgehead atoms. The van der Waals surface area contributed by atoms with Crippen molar-refractivity contribution >= 4 is 29.2 Å². The monoisotopic (exact) mass is 438 g/mol. The van der Waals surface area contributed by atoms with Crippen LogP contribution in [-0.4, -0.2) is 23.1 Å². The minimum Gasteiger partial charge on any atom is -0.462 e. The first-order valence-electron chi connectivity index (χ1n) is 10.3. The molecule has 0 aliphatic carbocycles. The second kappa shape index (κ2) is 9.84. The van der Waals surface area contributed by atoms with Gasteiger partial charge >= 0.3 is 5.97 Å². The van der Waals surface area contributed by atoms with Gasteiger partial charge in [-0.3, -0.25) is 4.79 Å². The first-order valence-corrected chi connectivity index (χ1v) is 10.7. The SMILES string of the molecule is CCOC(=O)c1cc(-c2ccc(C)cc2)n(CCC(=O)Nc2ccc(C)cc2Cl)c1C. The van der Waals surface area contributed by atoms with Gasteiger partial charge < -0.3 is 14.6 Å². The van der Waals surface area contributed by atoms with Crippen LogP contribution in [-0.2, 0) is 16.1 Å². The maximum Gasteiger partial charge on any atom is 0.339 e. The predicted molar refractivity (Wildman–Crippen MR) is 125 cm³/mol. The zero-order valence-corrected chi connectivity index (χ0v) is 19.0. The third-order valence-corrected chi connectivity index (χ3v) is 5.48. The average molecular weight is 439 g/mol. The lowest BCUT2D eigenvalue weighted by molar-refractivity contribution is -0.116. The van der Waals surface area contributed by atoms with Gasteiger partial charge in [0.15, 0.2) is 0 Å². The number of nitrogens with zero attached hydrogens (tertiary/aromatic N) is 1. The van der Waals surface area contributed by atoms with Crippen LogP contribution in [0.1, 0.15) is 40.5 Å². The Morgan fingerprint density at radius 2 is 1.68 bits per heavy atom. The number of halogens is 1. The molecule has 0 fully saturated rings. The first-order chi connectivity index (χ1) is 14.8. The molecule has 0 radical (unpaired) electrons. The van der Waals surface area contributed by atoms with E-state index in [-0.39, 0.29) is 18.3 Å². The maximum atomic E-state index is 12.6. The molecule has 162 valence electrons. The summed E-state index contributed by atoms with van der Waals surface area (Å²) in [6, 6.07) is 15.4. The van der Waals surface area contributed by atoms with E-state index in [0.717, 1.165) is 28.1 Å². The van der Waals surface area contributed by atoms with Crippen LogP contribution in [0.2, 0.25) is 5.02 Å². The number of ether oxygens (including phenoxy) is 1. The summed E-state index contributed by atoms with van der Waals surface area (Å²) >= 11 is 6.23. The summed E-state index contributed by atoms with van der Waals surface area (Å²) in [6.07, 6.45) is 0.237. The van der Waals surface area contributed by atoms with Crippen LogP contribution in [0.3, 0.4) is 0 Å². The fourth-order valence-corrected chi connectivity index (χ4v) is 3.74. The number of carbonyl (C=O) groups is 2. The van der Waals surface area contributed by atoms with Crippen LogP contribution in [0, 0.1) is 20.8 Å². The molecule has 0 saturated carbocycles. The highest BCUT2D eigenvalue weighted by Crippen LogP contribution is 2.28. The number of esters is 1. The summed E-state index contributed by atoms with van der Waals surface area (Å²) in [5.41, 5.74) is 5.91. The Balaban J connectivity index is 1.85. The molecule has 0 saturated heterocycles. The van der Waals surface area contributed by atoms with E-state index >= 15 is 0 Å². The lowest BCUT2D eigenvalue weighted by atomic mass is 10.1. The Kier molecular flexibility index (Phi) is 7.18. The Morgan fingerprint density at radius 1 is 1.00 bits per heavy atom. The van der Waals surface area contributed by atoms with Crippen molar-refractivity contribution in [3.63, 3.8) is 0 Å². The van der Waals surface area contributed by atoms with Crippen molar-refractivity contribution in [1.82, 2.24) is 4.57 Å². The molecule has 2 aromatic carbocycles. The minimum atomic E-state index is -0.358. The van der Waals surface area contributed by atoms with Gasteiger partial charge in [-0.05, 0) is 57.0 Å². The summed E-state index contributed by atoms with van der Waals surface area (Å²) in [6.45, 7) is 8.36. The fourth-order valence-electron chi connectivity index (χ4n) is 3.46. The molecule has 0 aliphatic heterocycles. The van der Waals surface area contributed by atoms with Crippen molar-refractivity contribution in [2.24, 2.45) is 0 Å². The van der Waals surface area contributed by atoms with Crippen molar-refractivity contribution in [2.45, 2.75) is 40.7 Å². The summed E-state index contributed by atoms with van der Waals surface area (Å²) in [5, 5.41) is 3.38. The number of benzene rings is 2. The molecule has 1 amide bonds. The molecule has 3 aromatic rings. The van der Waals surface area contributed by atoms with Crippen LogP contribution in [0.25, 0.3) is 11.3 Å². The molecule has 31 heavy (non-hydrogen) atoms. The normalized spacial score (nSPS) is 10.7. The van der Waals surface area contributed by atoms with Crippen LogP contribution in [0.5, 0.6) is 0 Å². The van der Waals surface area contributed by atoms with E-state index in [1.807, 2.05) is 67.8 Å². The molecule has 6 heteroatoms. The fraction of sp³-hybridized carbons (Fsp3) is 0.280. The number of hydrogen-bond donors (Lipinski definition) is 1. The topological polar surface area (TPSA) is 60.3 Å².